The molecule has 1 N–H and O–H groups in total. The quantitative estimate of drug-likeness (QED) is 0.387. The minimum Gasteiger partial charge on any atom is -0.482 e. The number of unbranched alkanes of at least 4 members (excludes halogenated alkanes) is 1. The lowest BCUT2D eigenvalue weighted by atomic mass is 10.1. The third-order valence-corrected chi connectivity index (χ3v) is 6.12. The molecule has 0 radical (unpaired) electrons. The van der Waals surface area contributed by atoms with Crippen molar-refractivity contribution in [3.63, 3.8) is 0 Å². The fourth-order valence-electron chi connectivity index (χ4n) is 3.77. The summed E-state index contributed by atoms with van der Waals surface area (Å²) in [6, 6.07) is 15.1. The SMILES string of the molecule is CCCCC(Oc1cc(Cl)cc(Cl)c1)c1nc(Nc2ccccc2)nc(N2CCN(C)CC2)n1. The molecule has 2 aromatic carbocycles. The maximum atomic E-state index is 6.35. The van der Waals surface area contributed by atoms with Crippen LogP contribution < -0.4 is 15.0 Å². The van der Waals surface area contributed by atoms with Crippen molar-refractivity contribution in [2.75, 3.05) is 43.4 Å². The molecule has 1 unspecified atom stereocenters. The molecule has 1 aliphatic rings. The summed E-state index contributed by atoms with van der Waals surface area (Å²) >= 11 is 12.4. The molecule has 180 valence electrons. The molecule has 1 fully saturated rings. The second-order valence-electron chi connectivity index (χ2n) is 8.45. The van der Waals surface area contributed by atoms with Gasteiger partial charge in [0.05, 0.1) is 0 Å². The Morgan fingerprint density at radius 3 is 2.35 bits per heavy atom. The average molecular weight is 501 g/mol. The minimum absolute atomic E-state index is 0.361. The van der Waals surface area contributed by atoms with E-state index in [1.807, 2.05) is 30.3 Å². The van der Waals surface area contributed by atoms with Crippen LogP contribution in [0.25, 0.3) is 0 Å². The van der Waals surface area contributed by atoms with E-state index in [4.69, 9.17) is 42.9 Å². The van der Waals surface area contributed by atoms with Gasteiger partial charge < -0.3 is 19.9 Å². The van der Waals surface area contributed by atoms with Gasteiger partial charge in [-0.25, -0.2) is 0 Å². The number of nitrogens with zero attached hydrogens (tertiary/aromatic N) is 5. The molecular weight excluding hydrogens is 471 g/mol. The number of hydrogen-bond donors (Lipinski definition) is 1. The Kier molecular flexibility index (Phi) is 8.43. The molecular formula is C25H30Cl2N6O. The largest absolute Gasteiger partial charge is 0.482 e. The number of nitrogens with one attached hydrogen (secondary N) is 1. The minimum atomic E-state index is -0.361. The molecule has 3 aromatic rings. The number of ether oxygens (including phenoxy) is 1. The van der Waals surface area contributed by atoms with E-state index < -0.39 is 0 Å². The third-order valence-electron chi connectivity index (χ3n) is 5.68. The first-order chi connectivity index (χ1) is 16.5. The molecule has 0 spiro atoms. The van der Waals surface area contributed by atoms with Gasteiger partial charge in [0.2, 0.25) is 11.9 Å². The van der Waals surface area contributed by atoms with Gasteiger partial charge in [-0.1, -0.05) is 54.7 Å². The van der Waals surface area contributed by atoms with E-state index >= 15 is 0 Å². The number of likely N-dealkylation sites (N-methyl/N-ethyl adjacent to an activating group) is 1. The summed E-state index contributed by atoms with van der Waals surface area (Å²) in [5.74, 6) is 2.34. The van der Waals surface area contributed by atoms with E-state index in [0.29, 0.717) is 33.5 Å². The van der Waals surface area contributed by atoms with Crippen LogP contribution in [0.3, 0.4) is 0 Å². The number of rotatable bonds is 9. The van der Waals surface area contributed by atoms with Crippen LogP contribution in [0.1, 0.15) is 38.1 Å². The summed E-state index contributed by atoms with van der Waals surface area (Å²) in [4.78, 5) is 18.9. The van der Waals surface area contributed by atoms with Crippen molar-refractivity contribution in [3.05, 3.63) is 64.4 Å². The maximum Gasteiger partial charge on any atom is 0.232 e. The van der Waals surface area contributed by atoms with E-state index in [1.54, 1.807) is 18.2 Å². The first-order valence-electron chi connectivity index (χ1n) is 11.6. The molecule has 1 atom stereocenters. The Morgan fingerprint density at radius 2 is 1.68 bits per heavy atom. The second-order valence-corrected chi connectivity index (χ2v) is 9.33. The molecule has 34 heavy (non-hydrogen) atoms. The first kappa shape index (κ1) is 24.5. The molecule has 4 rings (SSSR count). The number of piperazine rings is 1. The number of aromatic nitrogens is 3. The Bertz CT molecular complexity index is 1060. The van der Waals surface area contributed by atoms with Crippen LogP contribution in [0.15, 0.2) is 48.5 Å². The van der Waals surface area contributed by atoms with Gasteiger partial charge >= 0.3 is 0 Å². The number of halogens is 2. The average Bonchev–Trinajstić information content (AvgIpc) is 2.82. The molecule has 0 amide bonds. The van der Waals surface area contributed by atoms with E-state index in [0.717, 1.165) is 51.1 Å². The maximum absolute atomic E-state index is 6.35. The lowest BCUT2D eigenvalue weighted by Gasteiger charge is -2.32. The van der Waals surface area contributed by atoms with Crippen LogP contribution in [0.4, 0.5) is 17.6 Å². The molecule has 0 bridgehead atoms. The summed E-state index contributed by atoms with van der Waals surface area (Å²) < 4.78 is 6.35. The van der Waals surface area contributed by atoms with Crippen molar-refractivity contribution in [2.24, 2.45) is 0 Å². The van der Waals surface area contributed by atoms with Gasteiger partial charge in [0, 0.05) is 41.9 Å². The van der Waals surface area contributed by atoms with E-state index in [-0.39, 0.29) is 6.10 Å². The number of hydrogen-bond acceptors (Lipinski definition) is 7. The number of benzene rings is 2. The highest BCUT2D eigenvalue weighted by molar-refractivity contribution is 6.34. The van der Waals surface area contributed by atoms with E-state index in [2.05, 4.69) is 29.1 Å². The third kappa shape index (κ3) is 6.72. The number of anilines is 3. The fraction of sp³-hybridized carbons (Fsp3) is 0.400. The Hall–Kier alpha value is -2.61. The lowest BCUT2D eigenvalue weighted by Crippen LogP contribution is -2.45. The normalized spacial score (nSPS) is 15.2. The predicted molar refractivity (Wildman–Crippen MR) is 139 cm³/mol. The van der Waals surface area contributed by atoms with Crippen molar-refractivity contribution in [1.82, 2.24) is 19.9 Å². The van der Waals surface area contributed by atoms with Gasteiger partial charge in [0.25, 0.3) is 0 Å². The van der Waals surface area contributed by atoms with Crippen molar-refractivity contribution < 1.29 is 4.74 Å². The monoisotopic (exact) mass is 500 g/mol. The highest BCUT2D eigenvalue weighted by Crippen LogP contribution is 2.31. The standard InChI is InChI=1S/C25H30Cl2N6O/c1-3-4-10-22(34-21-16-18(26)15-19(27)17-21)23-29-24(28-20-8-6-5-7-9-20)31-25(30-23)33-13-11-32(2)12-14-33/h5-9,15-17,22H,3-4,10-14H2,1-2H3,(H,28,29,30,31). The zero-order chi connectivity index (χ0) is 23.9. The Labute approximate surface area is 211 Å². The van der Waals surface area contributed by atoms with Crippen molar-refractivity contribution in [3.8, 4) is 5.75 Å². The molecule has 2 heterocycles. The molecule has 1 aromatic heterocycles. The van der Waals surface area contributed by atoms with Gasteiger partial charge in [-0.05, 0) is 50.2 Å². The van der Waals surface area contributed by atoms with Crippen LogP contribution in [0.5, 0.6) is 5.75 Å². The fourth-order valence-corrected chi connectivity index (χ4v) is 4.28. The molecule has 9 heteroatoms. The van der Waals surface area contributed by atoms with Crippen LogP contribution in [0.2, 0.25) is 10.0 Å². The van der Waals surface area contributed by atoms with Gasteiger partial charge in [-0.2, -0.15) is 15.0 Å². The van der Waals surface area contributed by atoms with Gasteiger partial charge in [-0.15, -0.1) is 0 Å². The van der Waals surface area contributed by atoms with Gasteiger partial charge in [0.1, 0.15) is 5.75 Å². The molecule has 0 aliphatic carbocycles. The zero-order valence-electron chi connectivity index (χ0n) is 19.5. The molecule has 1 aliphatic heterocycles. The van der Waals surface area contributed by atoms with Gasteiger partial charge in [-0.3, -0.25) is 0 Å². The van der Waals surface area contributed by atoms with Crippen molar-refractivity contribution >= 4 is 40.8 Å². The van der Waals surface area contributed by atoms with Crippen LogP contribution in [-0.4, -0.2) is 53.1 Å². The Morgan fingerprint density at radius 1 is 0.971 bits per heavy atom. The lowest BCUT2D eigenvalue weighted by molar-refractivity contribution is 0.181. The second kappa shape index (κ2) is 11.7. The summed E-state index contributed by atoms with van der Waals surface area (Å²) in [5.41, 5.74) is 0.914. The summed E-state index contributed by atoms with van der Waals surface area (Å²) in [6.45, 7) is 5.78. The van der Waals surface area contributed by atoms with Crippen LogP contribution in [-0.2, 0) is 0 Å². The summed E-state index contributed by atoms with van der Waals surface area (Å²) in [7, 11) is 2.13. The predicted octanol–water partition coefficient (Wildman–Crippen LogP) is 5.98. The molecule has 0 saturated carbocycles. The number of para-hydroxylation sites is 1. The van der Waals surface area contributed by atoms with E-state index in [1.165, 1.54) is 0 Å². The topological polar surface area (TPSA) is 66.4 Å². The molecule has 7 nitrogen and oxygen atoms in total. The van der Waals surface area contributed by atoms with Crippen molar-refractivity contribution in [1.29, 1.82) is 0 Å². The molecule has 1 saturated heterocycles. The van der Waals surface area contributed by atoms with E-state index in [9.17, 15) is 0 Å². The zero-order valence-corrected chi connectivity index (χ0v) is 21.1. The first-order valence-corrected chi connectivity index (χ1v) is 12.4. The Balaban J connectivity index is 1.69. The van der Waals surface area contributed by atoms with Crippen molar-refractivity contribution in [2.45, 2.75) is 32.3 Å². The highest BCUT2D eigenvalue weighted by Gasteiger charge is 2.23. The highest BCUT2D eigenvalue weighted by atomic mass is 35.5. The smallest absolute Gasteiger partial charge is 0.232 e. The van der Waals surface area contributed by atoms with Crippen LogP contribution in [0, 0.1) is 0 Å². The summed E-state index contributed by atoms with van der Waals surface area (Å²) in [5, 5.41) is 4.38. The van der Waals surface area contributed by atoms with Gasteiger partial charge in [0.15, 0.2) is 11.9 Å². The van der Waals surface area contributed by atoms with Crippen LogP contribution >= 0.6 is 23.2 Å². The summed E-state index contributed by atoms with van der Waals surface area (Å²) in [6.07, 6.45) is 2.40.